The minimum atomic E-state index is 0.312. The molecule has 0 fully saturated rings. The topological polar surface area (TPSA) is 39.1 Å². The summed E-state index contributed by atoms with van der Waals surface area (Å²) in [6, 6.07) is 8.68. The van der Waals surface area contributed by atoms with Crippen molar-refractivity contribution in [2.75, 3.05) is 13.7 Å². The van der Waals surface area contributed by atoms with Crippen LogP contribution in [0.4, 0.5) is 0 Å². The van der Waals surface area contributed by atoms with Crippen molar-refractivity contribution >= 4 is 0 Å². The van der Waals surface area contributed by atoms with Crippen LogP contribution in [0.2, 0.25) is 0 Å². The van der Waals surface area contributed by atoms with Gasteiger partial charge in [-0.05, 0) is 37.6 Å². The summed E-state index contributed by atoms with van der Waals surface area (Å²) in [6.45, 7) is 2.88. The maximum atomic E-state index is 5.72. The van der Waals surface area contributed by atoms with Gasteiger partial charge < -0.3 is 14.6 Å². The highest BCUT2D eigenvalue weighted by Gasteiger charge is 2.11. The van der Waals surface area contributed by atoms with E-state index < -0.39 is 0 Å². The first-order chi connectivity index (χ1) is 10.2. The minimum absolute atomic E-state index is 0.312. The predicted octanol–water partition coefficient (Wildman–Crippen LogP) is 3.10. The van der Waals surface area contributed by atoms with E-state index in [0.717, 1.165) is 37.4 Å². The Balaban J connectivity index is 2.01. The highest BCUT2D eigenvalue weighted by molar-refractivity contribution is 5.30. The van der Waals surface area contributed by atoms with Gasteiger partial charge in [0.2, 0.25) is 0 Å². The second-order valence-corrected chi connectivity index (χ2v) is 5.26. The Bertz CT molecular complexity index is 550. The zero-order chi connectivity index (χ0) is 15.1. The number of nitrogens with one attached hydrogen (secondary N) is 1. The molecule has 2 aromatic rings. The van der Waals surface area contributed by atoms with E-state index in [4.69, 9.17) is 4.74 Å². The van der Waals surface area contributed by atoms with E-state index in [-0.39, 0.29) is 0 Å². The molecule has 0 saturated heterocycles. The number of rotatable bonds is 8. The standard InChI is InChI=1S/C17H25N3O/c1-4-12-21-15-7-5-6-14(13-15)16(18-2)8-9-17-19-10-11-20(17)3/h5-7,10-11,13,16,18H,4,8-9,12H2,1-3H3. The molecule has 4 heteroatoms. The predicted molar refractivity (Wildman–Crippen MR) is 85.6 cm³/mol. The first-order valence-corrected chi connectivity index (χ1v) is 7.60. The quantitative estimate of drug-likeness (QED) is 0.811. The maximum absolute atomic E-state index is 5.72. The van der Waals surface area contributed by atoms with E-state index >= 15 is 0 Å². The van der Waals surface area contributed by atoms with Gasteiger partial charge in [0.25, 0.3) is 0 Å². The largest absolute Gasteiger partial charge is 0.494 e. The zero-order valence-electron chi connectivity index (χ0n) is 13.2. The molecule has 4 nitrogen and oxygen atoms in total. The lowest BCUT2D eigenvalue weighted by molar-refractivity contribution is 0.316. The Morgan fingerprint density at radius 2 is 2.24 bits per heavy atom. The minimum Gasteiger partial charge on any atom is -0.494 e. The zero-order valence-corrected chi connectivity index (χ0v) is 13.2. The van der Waals surface area contributed by atoms with Gasteiger partial charge in [0, 0.05) is 31.9 Å². The summed E-state index contributed by atoms with van der Waals surface area (Å²) < 4.78 is 7.79. The number of hydrogen-bond donors (Lipinski definition) is 1. The molecule has 1 unspecified atom stereocenters. The second-order valence-electron chi connectivity index (χ2n) is 5.26. The fourth-order valence-corrected chi connectivity index (χ4v) is 2.43. The third kappa shape index (κ3) is 4.33. The van der Waals surface area contributed by atoms with Crippen LogP contribution >= 0.6 is 0 Å². The molecule has 0 aliphatic rings. The maximum Gasteiger partial charge on any atom is 0.119 e. The molecular formula is C17H25N3O. The fraction of sp³-hybridized carbons (Fsp3) is 0.471. The van der Waals surface area contributed by atoms with Crippen molar-refractivity contribution in [3.05, 3.63) is 48.0 Å². The molecule has 2 rings (SSSR count). The number of ether oxygens (including phenoxy) is 1. The van der Waals surface area contributed by atoms with E-state index in [1.807, 2.05) is 32.6 Å². The van der Waals surface area contributed by atoms with E-state index in [1.165, 1.54) is 5.56 Å². The van der Waals surface area contributed by atoms with E-state index in [9.17, 15) is 0 Å². The number of hydrogen-bond acceptors (Lipinski definition) is 3. The first-order valence-electron chi connectivity index (χ1n) is 7.60. The molecule has 1 atom stereocenters. The molecular weight excluding hydrogens is 262 g/mol. The number of aryl methyl sites for hydroxylation is 2. The number of imidazole rings is 1. The van der Waals surface area contributed by atoms with Crippen LogP contribution in [-0.2, 0) is 13.5 Å². The van der Waals surface area contributed by atoms with Crippen molar-refractivity contribution in [3.8, 4) is 5.75 Å². The molecule has 0 saturated carbocycles. The summed E-state index contributed by atoms with van der Waals surface area (Å²) in [6.07, 6.45) is 6.83. The van der Waals surface area contributed by atoms with Gasteiger partial charge in [0.1, 0.15) is 11.6 Å². The normalized spacial score (nSPS) is 12.3. The van der Waals surface area contributed by atoms with Crippen molar-refractivity contribution in [1.29, 1.82) is 0 Å². The lowest BCUT2D eigenvalue weighted by atomic mass is 10.0. The Morgan fingerprint density at radius 3 is 2.90 bits per heavy atom. The molecule has 1 N–H and O–H groups in total. The fourth-order valence-electron chi connectivity index (χ4n) is 2.43. The highest BCUT2D eigenvalue weighted by Crippen LogP contribution is 2.23. The van der Waals surface area contributed by atoms with Crippen LogP contribution in [0.1, 0.15) is 37.2 Å². The average Bonchev–Trinajstić information content (AvgIpc) is 2.92. The molecule has 1 aromatic carbocycles. The smallest absolute Gasteiger partial charge is 0.119 e. The Morgan fingerprint density at radius 1 is 1.38 bits per heavy atom. The average molecular weight is 287 g/mol. The SMILES string of the molecule is CCCOc1cccc(C(CCc2nccn2C)NC)c1. The highest BCUT2D eigenvalue weighted by atomic mass is 16.5. The Kier molecular flexibility index (Phi) is 5.81. The van der Waals surface area contributed by atoms with Gasteiger partial charge in [-0.2, -0.15) is 0 Å². The van der Waals surface area contributed by atoms with Crippen LogP contribution in [0.5, 0.6) is 5.75 Å². The molecule has 0 bridgehead atoms. The summed E-state index contributed by atoms with van der Waals surface area (Å²) in [5.74, 6) is 2.07. The summed E-state index contributed by atoms with van der Waals surface area (Å²) in [5, 5.41) is 3.39. The molecule has 0 radical (unpaired) electrons. The van der Waals surface area contributed by atoms with Gasteiger partial charge in [0.05, 0.1) is 6.61 Å². The molecule has 21 heavy (non-hydrogen) atoms. The molecule has 1 heterocycles. The van der Waals surface area contributed by atoms with E-state index in [1.54, 1.807) is 0 Å². The lowest BCUT2D eigenvalue weighted by Gasteiger charge is -2.17. The van der Waals surface area contributed by atoms with Gasteiger partial charge in [-0.1, -0.05) is 19.1 Å². The first kappa shape index (κ1) is 15.6. The molecule has 0 aliphatic carbocycles. The Labute approximate surface area is 127 Å². The van der Waals surface area contributed by atoms with Crippen molar-refractivity contribution < 1.29 is 4.74 Å². The van der Waals surface area contributed by atoms with E-state index in [2.05, 4.69) is 40.0 Å². The van der Waals surface area contributed by atoms with Gasteiger partial charge in [0.15, 0.2) is 0 Å². The monoisotopic (exact) mass is 287 g/mol. The molecule has 114 valence electrons. The second kappa shape index (κ2) is 7.84. The van der Waals surface area contributed by atoms with Crippen LogP contribution < -0.4 is 10.1 Å². The number of aromatic nitrogens is 2. The van der Waals surface area contributed by atoms with Gasteiger partial charge in [-0.15, -0.1) is 0 Å². The van der Waals surface area contributed by atoms with Crippen molar-refractivity contribution in [2.45, 2.75) is 32.2 Å². The number of nitrogens with zero attached hydrogens (tertiary/aromatic N) is 2. The number of benzene rings is 1. The summed E-state index contributed by atoms with van der Waals surface area (Å²) in [7, 11) is 4.04. The van der Waals surface area contributed by atoms with Crippen LogP contribution in [0.25, 0.3) is 0 Å². The summed E-state index contributed by atoms with van der Waals surface area (Å²) >= 11 is 0. The molecule has 0 amide bonds. The van der Waals surface area contributed by atoms with Crippen molar-refractivity contribution in [1.82, 2.24) is 14.9 Å². The third-order valence-electron chi connectivity index (χ3n) is 3.66. The molecule has 0 aliphatic heterocycles. The van der Waals surface area contributed by atoms with Crippen LogP contribution in [-0.4, -0.2) is 23.2 Å². The van der Waals surface area contributed by atoms with E-state index in [0.29, 0.717) is 6.04 Å². The van der Waals surface area contributed by atoms with Crippen LogP contribution in [0.3, 0.4) is 0 Å². The Hall–Kier alpha value is -1.81. The summed E-state index contributed by atoms with van der Waals surface area (Å²) in [5.41, 5.74) is 1.26. The van der Waals surface area contributed by atoms with Gasteiger partial charge in [-0.3, -0.25) is 0 Å². The molecule has 0 spiro atoms. The van der Waals surface area contributed by atoms with Gasteiger partial charge in [-0.25, -0.2) is 4.98 Å². The summed E-state index contributed by atoms with van der Waals surface area (Å²) in [4.78, 5) is 4.38. The van der Waals surface area contributed by atoms with Crippen molar-refractivity contribution in [3.63, 3.8) is 0 Å². The molecule has 1 aromatic heterocycles. The third-order valence-corrected chi connectivity index (χ3v) is 3.66. The van der Waals surface area contributed by atoms with Crippen LogP contribution in [0.15, 0.2) is 36.7 Å². The van der Waals surface area contributed by atoms with Crippen LogP contribution in [0, 0.1) is 0 Å². The lowest BCUT2D eigenvalue weighted by Crippen LogP contribution is -2.18. The van der Waals surface area contributed by atoms with Crippen molar-refractivity contribution in [2.24, 2.45) is 7.05 Å². The van der Waals surface area contributed by atoms with Gasteiger partial charge >= 0.3 is 0 Å².